The molecule has 0 amide bonds. The van der Waals surface area contributed by atoms with Crippen LogP contribution < -0.4 is 4.74 Å². The average Bonchev–Trinajstić information content (AvgIpc) is 2.22. The van der Waals surface area contributed by atoms with E-state index >= 15 is 0 Å². The first-order valence-corrected chi connectivity index (χ1v) is 5.32. The first-order chi connectivity index (χ1) is 7.97. The van der Waals surface area contributed by atoms with Crippen LogP contribution in [-0.2, 0) is 4.74 Å². The van der Waals surface area contributed by atoms with Gasteiger partial charge in [-0.15, -0.1) is 0 Å². The predicted octanol–water partition coefficient (Wildman–Crippen LogP) is 3.77. The molecule has 0 unspecified atom stereocenters. The summed E-state index contributed by atoms with van der Waals surface area (Å²) in [5.74, 6) is -1.11. The minimum absolute atomic E-state index is 0.00932. The maximum absolute atomic E-state index is 12.1. The van der Waals surface area contributed by atoms with Gasteiger partial charge in [-0.05, 0) is 19.1 Å². The normalized spacial score (nSPS) is 10.5. The van der Waals surface area contributed by atoms with Gasteiger partial charge >= 0.3 is 12.6 Å². The molecule has 0 heterocycles. The van der Waals surface area contributed by atoms with Crippen LogP contribution in [0, 0.1) is 0 Å². The second-order valence-corrected chi connectivity index (χ2v) is 3.62. The van der Waals surface area contributed by atoms with Gasteiger partial charge in [-0.2, -0.15) is 8.78 Å². The largest absolute Gasteiger partial charge is 0.462 e. The van der Waals surface area contributed by atoms with Crippen molar-refractivity contribution in [3.05, 3.63) is 27.7 Å². The van der Waals surface area contributed by atoms with E-state index in [1.807, 2.05) is 0 Å². The van der Waals surface area contributed by atoms with Crippen molar-refractivity contribution < 1.29 is 23.0 Å². The highest BCUT2D eigenvalue weighted by molar-refractivity contribution is 6.40. The fourth-order valence-corrected chi connectivity index (χ4v) is 1.68. The van der Waals surface area contributed by atoms with E-state index in [0.29, 0.717) is 0 Å². The van der Waals surface area contributed by atoms with Crippen molar-refractivity contribution in [2.24, 2.45) is 0 Å². The van der Waals surface area contributed by atoms with Crippen molar-refractivity contribution in [2.45, 2.75) is 13.5 Å². The van der Waals surface area contributed by atoms with E-state index in [1.165, 1.54) is 6.07 Å². The topological polar surface area (TPSA) is 35.5 Å². The third kappa shape index (κ3) is 3.44. The summed E-state index contributed by atoms with van der Waals surface area (Å²) in [6.07, 6.45) is 0. The molecule has 1 aromatic rings. The molecule has 0 aromatic heterocycles. The van der Waals surface area contributed by atoms with Crippen LogP contribution in [0.25, 0.3) is 0 Å². The number of rotatable bonds is 4. The Labute approximate surface area is 106 Å². The Bertz CT molecular complexity index is 424. The number of hydrogen-bond acceptors (Lipinski definition) is 3. The lowest BCUT2D eigenvalue weighted by Crippen LogP contribution is -2.09. The maximum atomic E-state index is 12.1. The van der Waals surface area contributed by atoms with E-state index in [-0.39, 0.29) is 28.0 Å². The quantitative estimate of drug-likeness (QED) is 0.790. The smallest absolute Gasteiger partial charge is 0.387 e. The first kappa shape index (κ1) is 14.0. The highest BCUT2D eigenvalue weighted by Crippen LogP contribution is 2.34. The van der Waals surface area contributed by atoms with Gasteiger partial charge in [-0.25, -0.2) is 4.79 Å². The van der Waals surface area contributed by atoms with Gasteiger partial charge in [0.25, 0.3) is 0 Å². The fourth-order valence-electron chi connectivity index (χ4n) is 1.11. The summed E-state index contributed by atoms with van der Waals surface area (Å²) in [5.41, 5.74) is -0.187. The van der Waals surface area contributed by atoms with Gasteiger partial charge in [0.2, 0.25) is 0 Å². The lowest BCUT2D eigenvalue weighted by molar-refractivity contribution is -0.0498. The van der Waals surface area contributed by atoms with Crippen LogP contribution in [-0.4, -0.2) is 19.2 Å². The van der Waals surface area contributed by atoms with Crippen molar-refractivity contribution in [3.8, 4) is 5.75 Å². The Kier molecular flexibility index (Phi) is 4.96. The van der Waals surface area contributed by atoms with E-state index in [0.717, 1.165) is 6.07 Å². The predicted molar refractivity (Wildman–Crippen MR) is 59.1 cm³/mol. The van der Waals surface area contributed by atoms with Gasteiger partial charge in [0.1, 0.15) is 11.3 Å². The summed E-state index contributed by atoms with van der Waals surface area (Å²) in [6, 6.07) is 2.39. The molecule has 94 valence electrons. The summed E-state index contributed by atoms with van der Waals surface area (Å²) < 4.78 is 32.9. The van der Waals surface area contributed by atoms with Crippen molar-refractivity contribution in [1.29, 1.82) is 0 Å². The van der Waals surface area contributed by atoms with Crippen molar-refractivity contribution in [1.82, 2.24) is 0 Å². The maximum Gasteiger partial charge on any atom is 0.387 e. The van der Waals surface area contributed by atoms with E-state index < -0.39 is 12.6 Å². The molecule has 0 aliphatic heterocycles. The van der Waals surface area contributed by atoms with Crippen molar-refractivity contribution in [2.75, 3.05) is 6.61 Å². The molecule has 0 saturated heterocycles. The number of carbonyl (C=O) groups excluding carboxylic acids is 1. The minimum atomic E-state index is -3.04. The lowest BCUT2D eigenvalue weighted by atomic mass is 10.2. The SMILES string of the molecule is CCOC(=O)c1c(Cl)ccc(OC(F)F)c1Cl. The van der Waals surface area contributed by atoms with Crippen LogP contribution in [0.2, 0.25) is 10.0 Å². The highest BCUT2D eigenvalue weighted by Gasteiger charge is 2.21. The van der Waals surface area contributed by atoms with Crippen LogP contribution in [0.5, 0.6) is 5.75 Å². The number of alkyl halides is 2. The number of carbonyl (C=O) groups is 1. The summed E-state index contributed by atoms with van der Waals surface area (Å²) in [4.78, 5) is 11.5. The molecule has 0 saturated carbocycles. The Balaban J connectivity index is 3.15. The van der Waals surface area contributed by atoms with Crippen LogP contribution in [0.15, 0.2) is 12.1 Å². The van der Waals surface area contributed by atoms with E-state index in [4.69, 9.17) is 27.9 Å². The standard InChI is InChI=1S/C10H8Cl2F2O3/c1-2-16-9(15)7-5(11)3-4-6(8(7)12)17-10(13)14/h3-4,10H,2H2,1H3. The van der Waals surface area contributed by atoms with Crippen molar-refractivity contribution >= 4 is 29.2 Å². The van der Waals surface area contributed by atoms with Crippen LogP contribution >= 0.6 is 23.2 Å². The molecule has 0 bridgehead atoms. The Morgan fingerprint density at radius 2 is 2.06 bits per heavy atom. The second-order valence-electron chi connectivity index (χ2n) is 2.83. The molecule has 17 heavy (non-hydrogen) atoms. The number of hydrogen-bond donors (Lipinski definition) is 0. The summed E-state index contributed by atoms with van der Waals surface area (Å²) in [7, 11) is 0. The zero-order valence-electron chi connectivity index (χ0n) is 8.68. The second kappa shape index (κ2) is 6.02. The van der Waals surface area contributed by atoms with E-state index in [9.17, 15) is 13.6 Å². The average molecular weight is 285 g/mol. The summed E-state index contributed by atoms with van der Waals surface area (Å²) in [6.45, 7) is -1.33. The zero-order valence-corrected chi connectivity index (χ0v) is 10.2. The third-order valence-electron chi connectivity index (χ3n) is 1.75. The number of halogens is 4. The van der Waals surface area contributed by atoms with Gasteiger partial charge in [0.15, 0.2) is 0 Å². The van der Waals surface area contributed by atoms with Gasteiger partial charge in [0, 0.05) is 0 Å². The van der Waals surface area contributed by atoms with Crippen LogP contribution in [0.3, 0.4) is 0 Å². The molecule has 0 fully saturated rings. The molecule has 7 heteroatoms. The van der Waals surface area contributed by atoms with Gasteiger partial charge in [-0.1, -0.05) is 23.2 Å². The van der Waals surface area contributed by atoms with Crippen LogP contribution in [0.4, 0.5) is 8.78 Å². The van der Waals surface area contributed by atoms with Gasteiger partial charge in [-0.3, -0.25) is 0 Å². The number of ether oxygens (including phenoxy) is 2. The molecule has 0 atom stereocenters. The molecule has 0 aliphatic rings. The molecule has 0 N–H and O–H groups in total. The summed E-state index contributed by atoms with van der Waals surface area (Å²) in [5, 5.41) is -0.286. The lowest BCUT2D eigenvalue weighted by Gasteiger charge is -2.11. The fraction of sp³-hybridized carbons (Fsp3) is 0.300. The number of esters is 1. The van der Waals surface area contributed by atoms with E-state index in [2.05, 4.69) is 4.74 Å². The molecule has 1 aromatic carbocycles. The molecular formula is C10H8Cl2F2O3. The molecule has 3 nitrogen and oxygen atoms in total. The third-order valence-corrected chi connectivity index (χ3v) is 2.44. The molecule has 0 aliphatic carbocycles. The van der Waals surface area contributed by atoms with Crippen LogP contribution in [0.1, 0.15) is 17.3 Å². The molecule has 0 radical (unpaired) electrons. The Hall–Kier alpha value is -1.07. The monoisotopic (exact) mass is 284 g/mol. The van der Waals surface area contributed by atoms with E-state index in [1.54, 1.807) is 6.92 Å². The molecular weight excluding hydrogens is 277 g/mol. The minimum Gasteiger partial charge on any atom is -0.462 e. The number of benzene rings is 1. The first-order valence-electron chi connectivity index (χ1n) is 4.57. The molecule has 0 spiro atoms. The van der Waals surface area contributed by atoms with Gasteiger partial charge in [0.05, 0.1) is 16.7 Å². The highest BCUT2D eigenvalue weighted by atomic mass is 35.5. The zero-order chi connectivity index (χ0) is 13.0. The molecule has 1 rings (SSSR count). The van der Waals surface area contributed by atoms with Gasteiger partial charge < -0.3 is 9.47 Å². The Morgan fingerprint density at radius 1 is 1.41 bits per heavy atom. The summed E-state index contributed by atoms with van der Waals surface area (Å²) >= 11 is 11.5. The Morgan fingerprint density at radius 3 is 2.59 bits per heavy atom. The van der Waals surface area contributed by atoms with Crippen molar-refractivity contribution in [3.63, 3.8) is 0 Å².